The Hall–Kier alpha value is -3.08. The van der Waals surface area contributed by atoms with Gasteiger partial charge in [-0.25, -0.2) is 4.98 Å². The summed E-state index contributed by atoms with van der Waals surface area (Å²) in [4.78, 5) is 16.6. The second kappa shape index (κ2) is 7.66. The van der Waals surface area contributed by atoms with Gasteiger partial charge in [-0.2, -0.15) is 0 Å². The van der Waals surface area contributed by atoms with Gasteiger partial charge in [0, 0.05) is 12.1 Å². The summed E-state index contributed by atoms with van der Waals surface area (Å²) in [6.45, 7) is 2.60. The Morgan fingerprint density at radius 2 is 1.88 bits per heavy atom. The lowest BCUT2D eigenvalue weighted by molar-refractivity contribution is 0.0947. The van der Waals surface area contributed by atoms with Crippen molar-refractivity contribution in [2.75, 3.05) is 13.7 Å². The Morgan fingerprint density at radius 3 is 2.56 bits per heavy atom. The highest BCUT2D eigenvalue weighted by molar-refractivity contribution is 5.97. The Balaban J connectivity index is 1.70. The van der Waals surface area contributed by atoms with E-state index in [1.54, 1.807) is 7.11 Å². The van der Waals surface area contributed by atoms with Crippen LogP contribution in [-0.2, 0) is 0 Å². The molecule has 0 fully saturated rings. The summed E-state index contributed by atoms with van der Waals surface area (Å²) < 4.78 is 10.6. The molecule has 1 heterocycles. The van der Waals surface area contributed by atoms with E-state index < -0.39 is 0 Å². The highest BCUT2D eigenvalue weighted by Gasteiger charge is 2.19. The molecule has 0 saturated heterocycles. The van der Waals surface area contributed by atoms with Gasteiger partial charge < -0.3 is 14.5 Å². The average Bonchev–Trinajstić information content (AvgIpc) is 3.16. The molecule has 3 aromatic rings. The van der Waals surface area contributed by atoms with Crippen molar-refractivity contribution in [3.8, 4) is 17.1 Å². The largest absolute Gasteiger partial charge is 0.497 e. The van der Waals surface area contributed by atoms with Crippen molar-refractivity contribution >= 4 is 5.91 Å². The quantitative estimate of drug-likeness (QED) is 0.742. The Bertz CT molecular complexity index is 826. The SMILES string of the molecule is COc1ccc(-c2ocnc2C(=O)NCC(C)c2ccccc2)cc1. The molecule has 5 nitrogen and oxygen atoms in total. The van der Waals surface area contributed by atoms with E-state index in [1.165, 1.54) is 12.0 Å². The van der Waals surface area contributed by atoms with Gasteiger partial charge in [0.25, 0.3) is 5.91 Å². The number of amides is 1. The van der Waals surface area contributed by atoms with Gasteiger partial charge in [-0.3, -0.25) is 4.79 Å². The smallest absolute Gasteiger partial charge is 0.273 e. The van der Waals surface area contributed by atoms with E-state index in [4.69, 9.17) is 9.15 Å². The Labute approximate surface area is 146 Å². The highest BCUT2D eigenvalue weighted by Crippen LogP contribution is 2.25. The van der Waals surface area contributed by atoms with Gasteiger partial charge in [-0.05, 0) is 35.7 Å². The first-order valence-corrected chi connectivity index (χ1v) is 8.10. The zero-order chi connectivity index (χ0) is 17.6. The molecule has 128 valence electrons. The summed E-state index contributed by atoms with van der Waals surface area (Å²) in [5.41, 5.74) is 2.24. The van der Waals surface area contributed by atoms with Gasteiger partial charge in [-0.1, -0.05) is 37.3 Å². The summed E-state index contributed by atoms with van der Waals surface area (Å²) >= 11 is 0. The third-order valence-corrected chi connectivity index (χ3v) is 4.07. The number of methoxy groups -OCH3 is 1. The van der Waals surface area contributed by atoms with E-state index in [-0.39, 0.29) is 17.5 Å². The maximum Gasteiger partial charge on any atom is 0.273 e. The van der Waals surface area contributed by atoms with E-state index in [0.29, 0.717) is 12.3 Å². The van der Waals surface area contributed by atoms with Gasteiger partial charge in [0.1, 0.15) is 5.75 Å². The van der Waals surface area contributed by atoms with Crippen LogP contribution in [0, 0.1) is 0 Å². The molecule has 1 N–H and O–H groups in total. The molecule has 0 saturated carbocycles. The summed E-state index contributed by atoms with van der Waals surface area (Å²) in [5.74, 6) is 1.15. The second-order valence-corrected chi connectivity index (χ2v) is 5.78. The summed E-state index contributed by atoms with van der Waals surface area (Å²) in [7, 11) is 1.61. The molecule has 5 heteroatoms. The molecule has 25 heavy (non-hydrogen) atoms. The zero-order valence-electron chi connectivity index (χ0n) is 14.2. The third kappa shape index (κ3) is 3.88. The number of hydrogen-bond donors (Lipinski definition) is 1. The van der Waals surface area contributed by atoms with Crippen LogP contribution < -0.4 is 10.1 Å². The van der Waals surface area contributed by atoms with E-state index >= 15 is 0 Å². The average molecular weight is 336 g/mol. The van der Waals surface area contributed by atoms with Crippen molar-refractivity contribution < 1.29 is 13.9 Å². The van der Waals surface area contributed by atoms with Crippen LogP contribution in [0.2, 0.25) is 0 Å². The maximum absolute atomic E-state index is 12.5. The van der Waals surface area contributed by atoms with Gasteiger partial charge in [0.2, 0.25) is 0 Å². The molecule has 1 amide bonds. The van der Waals surface area contributed by atoms with E-state index in [0.717, 1.165) is 11.3 Å². The zero-order valence-corrected chi connectivity index (χ0v) is 14.2. The topological polar surface area (TPSA) is 64.4 Å². The van der Waals surface area contributed by atoms with Crippen molar-refractivity contribution in [1.82, 2.24) is 10.3 Å². The molecule has 0 spiro atoms. The fraction of sp³-hybridized carbons (Fsp3) is 0.200. The molecule has 0 aliphatic rings. The first kappa shape index (κ1) is 16.8. The molecule has 0 aliphatic carbocycles. The molecule has 0 aliphatic heterocycles. The number of carbonyl (C=O) groups excluding carboxylic acids is 1. The number of carbonyl (C=O) groups is 1. The Morgan fingerprint density at radius 1 is 1.16 bits per heavy atom. The number of benzene rings is 2. The number of ether oxygens (including phenoxy) is 1. The third-order valence-electron chi connectivity index (χ3n) is 4.07. The predicted octanol–water partition coefficient (Wildman–Crippen LogP) is 3.88. The number of rotatable bonds is 6. The number of hydrogen-bond acceptors (Lipinski definition) is 4. The molecular formula is C20H20N2O3. The molecule has 0 radical (unpaired) electrons. The molecule has 0 bridgehead atoms. The molecule has 1 unspecified atom stereocenters. The summed E-state index contributed by atoms with van der Waals surface area (Å²) in [6.07, 6.45) is 1.29. The standard InChI is InChI=1S/C20H20N2O3/c1-14(15-6-4-3-5-7-15)12-21-20(23)18-19(25-13-22-18)16-8-10-17(24-2)11-9-16/h3-11,13-14H,12H2,1-2H3,(H,21,23). The summed E-state index contributed by atoms with van der Waals surface area (Å²) in [5, 5.41) is 2.93. The predicted molar refractivity (Wildman–Crippen MR) is 95.7 cm³/mol. The lowest BCUT2D eigenvalue weighted by Crippen LogP contribution is -2.28. The number of aromatic nitrogens is 1. The van der Waals surface area contributed by atoms with Crippen molar-refractivity contribution in [2.45, 2.75) is 12.8 Å². The highest BCUT2D eigenvalue weighted by atomic mass is 16.5. The van der Waals surface area contributed by atoms with Gasteiger partial charge in [-0.15, -0.1) is 0 Å². The molecule has 3 rings (SSSR count). The van der Waals surface area contributed by atoms with Crippen molar-refractivity contribution in [2.24, 2.45) is 0 Å². The minimum atomic E-state index is -0.248. The van der Waals surface area contributed by atoms with Gasteiger partial charge >= 0.3 is 0 Å². The lowest BCUT2D eigenvalue weighted by atomic mass is 10.0. The molecular weight excluding hydrogens is 316 g/mol. The number of nitrogens with one attached hydrogen (secondary N) is 1. The van der Waals surface area contributed by atoms with Crippen molar-refractivity contribution in [3.63, 3.8) is 0 Å². The van der Waals surface area contributed by atoms with Gasteiger partial charge in [0.05, 0.1) is 7.11 Å². The fourth-order valence-corrected chi connectivity index (χ4v) is 2.58. The van der Waals surface area contributed by atoms with Crippen molar-refractivity contribution in [1.29, 1.82) is 0 Å². The van der Waals surface area contributed by atoms with Crippen LogP contribution in [0.4, 0.5) is 0 Å². The monoisotopic (exact) mass is 336 g/mol. The van der Waals surface area contributed by atoms with E-state index in [1.807, 2.05) is 42.5 Å². The second-order valence-electron chi connectivity index (χ2n) is 5.78. The van der Waals surface area contributed by atoms with Crippen molar-refractivity contribution in [3.05, 3.63) is 72.2 Å². The van der Waals surface area contributed by atoms with E-state index in [2.05, 4.69) is 29.4 Å². The van der Waals surface area contributed by atoms with Crippen LogP contribution in [0.1, 0.15) is 28.9 Å². The molecule has 2 aromatic carbocycles. The minimum absolute atomic E-state index is 0.210. The summed E-state index contributed by atoms with van der Waals surface area (Å²) in [6, 6.07) is 17.4. The van der Waals surface area contributed by atoms with Crippen LogP contribution >= 0.6 is 0 Å². The normalized spacial score (nSPS) is 11.8. The minimum Gasteiger partial charge on any atom is -0.497 e. The van der Waals surface area contributed by atoms with Crippen LogP contribution in [0.5, 0.6) is 5.75 Å². The van der Waals surface area contributed by atoms with E-state index in [9.17, 15) is 4.79 Å². The first-order chi connectivity index (χ1) is 12.2. The van der Waals surface area contributed by atoms with Crippen LogP contribution in [-0.4, -0.2) is 24.5 Å². The number of oxazole rings is 1. The number of nitrogens with zero attached hydrogens (tertiary/aromatic N) is 1. The fourth-order valence-electron chi connectivity index (χ4n) is 2.58. The van der Waals surface area contributed by atoms with Crippen LogP contribution in [0.25, 0.3) is 11.3 Å². The maximum atomic E-state index is 12.5. The molecule has 1 atom stereocenters. The van der Waals surface area contributed by atoms with Gasteiger partial charge in [0.15, 0.2) is 17.8 Å². The van der Waals surface area contributed by atoms with Crippen LogP contribution in [0.3, 0.4) is 0 Å². The molecule has 1 aromatic heterocycles. The van der Waals surface area contributed by atoms with Crippen LogP contribution in [0.15, 0.2) is 65.4 Å². The Kier molecular flexibility index (Phi) is 5.14. The first-order valence-electron chi connectivity index (χ1n) is 8.10. The lowest BCUT2D eigenvalue weighted by Gasteiger charge is -2.12.